The maximum atomic E-state index is 8.76. The summed E-state index contributed by atoms with van der Waals surface area (Å²) in [4.78, 5) is 0. The van der Waals surface area contributed by atoms with Gasteiger partial charge in [0, 0.05) is 0 Å². The fourth-order valence-electron chi connectivity index (χ4n) is 1.14. The van der Waals surface area contributed by atoms with Crippen LogP contribution in [-0.2, 0) is 6.42 Å². The summed E-state index contributed by atoms with van der Waals surface area (Å²) < 4.78 is 0. The quantitative estimate of drug-likeness (QED) is 0.714. The summed E-state index contributed by atoms with van der Waals surface area (Å²) in [5.74, 6) is 0. The number of alkyl halides is 1. The summed E-state index contributed by atoms with van der Waals surface area (Å²) in [6.07, 6.45) is 0.741. The van der Waals surface area contributed by atoms with E-state index >= 15 is 0 Å². The Morgan fingerprint density at radius 2 is 2.08 bits per heavy atom. The van der Waals surface area contributed by atoms with Crippen molar-refractivity contribution in [1.29, 1.82) is 0 Å². The molecule has 0 aromatic heterocycles. The van der Waals surface area contributed by atoms with Gasteiger partial charge in [-0.05, 0) is 24.5 Å². The van der Waals surface area contributed by atoms with Gasteiger partial charge in [-0.2, -0.15) is 0 Å². The highest BCUT2D eigenvalue weighted by atomic mass is 35.5. The van der Waals surface area contributed by atoms with Gasteiger partial charge < -0.3 is 5.11 Å². The number of benzene rings is 1. The molecular formula is C10H13ClO. The van der Waals surface area contributed by atoms with Crippen molar-refractivity contribution in [3.63, 3.8) is 0 Å². The van der Waals surface area contributed by atoms with E-state index in [9.17, 15) is 0 Å². The van der Waals surface area contributed by atoms with E-state index in [4.69, 9.17) is 16.7 Å². The van der Waals surface area contributed by atoms with Crippen LogP contribution in [0.3, 0.4) is 0 Å². The van der Waals surface area contributed by atoms with E-state index in [-0.39, 0.29) is 12.0 Å². The van der Waals surface area contributed by atoms with Crippen LogP contribution in [0.4, 0.5) is 0 Å². The van der Waals surface area contributed by atoms with Crippen LogP contribution >= 0.6 is 11.6 Å². The maximum Gasteiger partial charge on any atom is 0.0607 e. The monoisotopic (exact) mass is 184 g/mol. The number of aryl methyl sites for hydroxylation is 1. The number of hydrogen-bond acceptors (Lipinski definition) is 1. The second kappa shape index (κ2) is 4.48. The number of rotatable bonds is 3. The molecule has 1 N–H and O–H groups in total. The average Bonchev–Trinajstić information content (AvgIpc) is 2.09. The normalized spacial score (nSPS) is 12.9. The molecule has 0 radical (unpaired) electrons. The summed E-state index contributed by atoms with van der Waals surface area (Å²) in [6.45, 7) is 2.09. The molecule has 0 aliphatic carbocycles. The van der Waals surface area contributed by atoms with Gasteiger partial charge in [0.15, 0.2) is 0 Å². The Hall–Kier alpha value is -0.530. The molecule has 0 saturated carbocycles. The lowest BCUT2D eigenvalue weighted by Crippen LogP contribution is -2.09. The second-order valence-electron chi connectivity index (χ2n) is 2.91. The summed E-state index contributed by atoms with van der Waals surface area (Å²) >= 11 is 5.82. The molecular weight excluding hydrogens is 172 g/mol. The van der Waals surface area contributed by atoms with E-state index in [1.165, 1.54) is 11.1 Å². The Morgan fingerprint density at radius 3 is 2.67 bits per heavy atom. The van der Waals surface area contributed by atoms with Crippen LogP contribution in [-0.4, -0.2) is 17.1 Å². The zero-order valence-electron chi connectivity index (χ0n) is 7.13. The van der Waals surface area contributed by atoms with E-state index < -0.39 is 0 Å². The number of hydrogen-bond donors (Lipinski definition) is 1. The van der Waals surface area contributed by atoms with E-state index in [1.54, 1.807) is 0 Å². The molecule has 1 atom stereocenters. The van der Waals surface area contributed by atoms with Crippen molar-refractivity contribution >= 4 is 11.6 Å². The van der Waals surface area contributed by atoms with E-state index in [2.05, 4.69) is 13.0 Å². The molecule has 1 aromatic carbocycles. The Bertz CT molecular complexity index is 247. The van der Waals surface area contributed by atoms with E-state index in [0.717, 1.165) is 6.42 Å². The van der Waals surface area contributed by atoms with Crippen LogP contribution in [0.2, 0.25) is 0 Å². The van der Waals surface area contributed by atoms with Crippen molar-refractivity contribution < 1.29 is 5.11 Å². The molecule has 0 bridgehead atoms. The highest BCUT2D eigenvalue weighted by Gasteiger charge is 2.05. The molecule has 1 nitrogen and oxygen atoms in total. The van der Waals surface area contributed by atoms with Crippen molar-refractivity contribution in [2.45, 2.75) is 18.7 Å². The zero-order valence-corrected chi connectivity index (χ0v) is 7.88. The Labute approximate surface area is 78.0 Å². The van der Waals surface area contributed by atoms with Gasteiger partial charge in [-0.15, -0.1) is 11.6 Å². The molecule has 1 aromatic rings. The molecule has 0 amide bonds. The molecule has 0 fully saturated rings. The lowest BCUT2D eigenvalue weighted by molar-refractivity contribution is 0.292. The minimum atomic E-state index is -0.161. The minimum Gasteiger partial charge on any atom is -0.395 e. The first-order chi connectivity index (χ1) is 5.74. The second-order valence-corrected chi connectivity index (χ2v) is 3.53. The van der Waals surface area contributed by atoms with Crippen LogP contribution < -0.4 is 0 Å². The molecule has 0 saturated heterocycles. The summed E-state index contributed by atoms with van der Waals surface area (Å²) in [7, 11) is 0. The summed E-state index contributed by atoms with van der Waals surface area (Å²) in [5.41, 5.74) is 2.45. The first kappa shape index (κ1) is 9.56. The summed E-state index contributed by atoms with van der Waals surface area (Å²) in [6, 6.07) is 8.08. The molecule has 2 heteroatoms. The minimum absolute atomic E-state index is 0.0376. The molecule has 0 aliphatic rings. The van der Waals surface area contributed by atoms with Gasteiger partial charge in [0.05, 0.1) is 12.0 Å². The van der Waals surface area contributed by atoms with Crippen LogP contribution in [0.25, 0.3) is 0 Å². The summed E-state index contributed by atoms with van der Waals surface area (Å²) in [5, 5.41) is 8.59. The van der Waals surface area contributed by atoms with E-state index in [1.807, 2.05) is 18.2 Å². The molecule has 12 heavy (non-hydrogen) atoms. The van der Waals surface area contributed by atoms with E-state index in [0.29, 0.717) is 0 Å². The SMILES string of the molecule is Cc1ccccc1C[C@@H](Cl)CO. The highest BCUT2D eigenvalue weighted by molar-refractivity contribution is 6.20. The molecule has 1 rings (SSSR count). The van der Waals surface area contributed by atoms with Crippen molar-refractivity contribution in [2.24, 2.45) is 0 Å². The topological polar surface area (TPSA) is 20.2 Å². The lowest BCUT2D eigenvalue weighted by Gasteiger charge is -2.07. The Kier molecular flexibility index (Phi) is 3.57. The van der Waals surface area contributed by atoms with Gasteiger partial charge in [-0.1, -0.05) is 24.3 Å². The maximum absolute atomic E-state index is 8.76. The van der Waals surface area contributed by atoms with Gasteiger partial charge in [-0.3, -0.25) is 0 Å². The van der Waals surface area contributed by atoms with Crippen LogP contribution in [0.15, 0.2) is 24.3 Å². The standard InChI is InChI=1S/C10H13ClO/c1-8-4-2-3-5-9(8)6-10(11)7-12/h2-5,10,12H,6-7H2,1H3/t10-/m1/s1. The molecule has 66 valence electrons. The molecule has 0 unspecified atom stereocenters. The predicted octanol–water partition coefficient (Wildman–Crippen LogP) is 2.14. The molecule has 0 aliphatic heterocycles. The number of halogens is 1. The third-order valence-corrected chi connectivity index (χ3v) is 2.19. The number of aliphatic hydroxyl groups is 1. The Morgan fingerprint density at radius 1 is 1.42 bits per heavy atom. The Balaban J connectivity index is 2.69. The van der Waals surface area contributed by atoms with Gasteiger partial charge in [0.1, 0.15) is 0 Å². The van der Waals surface area contributed by atoms with Crippen molar-refractivity contribution in [3.8, 4) is 0 Å². The first-order valence-electron chi connectivity index (χ1n) is 4.03. The largest absolute Gasteiger partial charge is 0.395 e. The third-order valence-electron chi connectivity index (χ3n) is 1.90. The first-order valence-corrected chi connectivity index (χ1v) is 4.47. The predicted molar refractivity (Wildman–Crippen MR) is 51.6 cm³/mol. The smallest absolute Gasteiger partial charge is 0.0607 e. The van der Waals surface area contributed by atoms with Crippen molar-refractivity contribution in [3.05, 3.63) is 35.4 Å². The van der Waals surface area contributed by atoms with Crippen LogP contribution in [0.5, 0.6) is 0 Å². The fourth-order valence-corrected chi connectivity index (χ4v) is 1.31. The van der Waals surface area contributed by atoms with Gasteiger partial charge in [-0.25, -0.2) is 0 Å². The van der Waals surface area contributed by atoms with Crippen molar-refractivity contribution in [2.75, 3.05) is 6.61 Å². The third kappa shape index (κ3) is 2.50. The lowest BCUT2D eigenvalue weighted by atomic mass is 10.0. The van der Waals surface area contributed by atoms with Crippen molar-refractivity contribution in [1.82, 2.24) is 0 Å². The van der Waals surface area contributed by atoms with Gasteiger partial charge in [0.25, 0.3) is 0 Å². The van der Waals surface area contributed by atoms with Gasteiger partial charge >= 0.3 is 0 Å². The van der Waals surface area contributed by atoms with Gasteiger partial charge in [0.2, 0.25) is 0 Å². The molecule has 0 spiro atoms. The highest BCUT2D eigenvalue weighted by Crippen LogP contribution is 2.12. The van der Waals surface area contributed by atoms with Crippen LogP contribution in [0, 0.1) is 6.92 Å². The number of aliphatic hydroxyl groups excluding tert-OH is 1. The average molecular weight is 185 g/mol. The van der Waals surface area contributed by atoms with Crippen LogP contribution in [0.1, 0.15) is 11.1 Å². The fraction of sp³-hybridized carbons (Fsp3) is 0.400. The molecule has 0 heterocycles. The zero-order chi connectivity index (χ0) is 8.97.